The van der Waals surface area contributed by atoms with E-state index in [0.717, 1.165) is 32.5 Å². The number of hydrogen-bond acceptors (Lipinski definition) is 6. The Bertz CT molecular complexity index is 215. The van der Waals surface area contributed by atoms with Crippen LogP contribution in [0.1, 0.15) is 19.8 Å². The molecule has 0 rings (SSSR count). The minimum Gasteiger partial charge on any atom is -0.379 e. The molecule has 0 aromatic heterocycles. The number of Topliss-reactive ketones (excluding diaryl/α,β-unsaturated/α-hetero) is 1. The largest absolute Gasteiger partial charge is 0.379 e. The molecule has 20 heavy (non-hydrogen) atoms. The molecular weight excluding hydrogens is 260 g/mol. The maximum absolute atomic E-state index is 10.7. The zero-order valence-corrected chi connectivity index (χ0v) is 12.9. The van der Waals surface area contributed by atoms with Crippen LogP contribution in [-0.2, 0) is 19.0 Å². The van der Waals surface area contributed by atoms with E-state index in [2.05, 4.69) is 10.6 Å². The predicted octanol–water partition coefficient (Wildman–Crippen LogP) is 0.214. The topological polar surface area (TPSA) is 68.8 Å². The van der Waals surface area contributed by atoms with E-state index in [4.69, 9.17) is 14.2 Å². The van der Waals surface area contributed by atoms with E-state index in [-0.39, 0.29) is 5.78 Å². The first-order valence-corrected chi connectivity index (χ1v) is 7.35. The molecule has 0 amide bonds. The molecule has 0 fully saturated rings. The molecule has 0 aromatic rings. The minimum atomic E-state index is 0.160. The lowest BCUT2D eigenvalue weighted by Gasteiger charge is -2.07. The zero-order chi connectivity index (χ0) is 14.9. The van der Waals surface area contributed by atoms with E-state index >= 15 is 0 Å². The molecule has 120 valence electrons. The summed E-state index contributed by atoms with van der Waals surface area (Å²) in [6, 6.07) is 0. The zero-order valence-electron chi connectivity index (χ0n) is 12.9. The number of rotatable bonds is 16. The monoisotopic (exact) mass is 290 g/mol. The number of nitrogens with one attached hydrogen (secondary N) is 2. The summed E-state index contributed by atoms with van der Waals surface area (Å²) in [4.78, 5) is 10.7. The van der Waals surface area contributed by atoms with Crippen molar-refractivity contribution in [1.82, 2.24) is 10.6 Å². The quantitative estimate of drug-likeness (QED) is 0.396. The fraction of sp³-hybridized carbons (Fsp3) is 0.929. The number of ketones is 1. The van der Waals surface area contributed by atoms with Crippen molar-refractivity contribution >= 4 is 5.78 Å². The van der Waals surface area contributed by atoms with Crippen molar-refractivity contribution < 1.29 is 19.0 Å². The van der Waals surface area contributed by atoms with Crippen molar-refractivity contribution in [3.05, 3.63) is 0 Å². The van der Waals surface area contributed by atoms with Crippen LogP contribution in [0.2, 0.25) is 0 Å². The third-order valence-corrected chi connectivity index (χ3v) is 2.48. The second kappa shape index (κ2) is 16.5. The molecule has 0 saturated carbocycles. The molecule has 0 aliphatic carbocycles. The maximum Gasteiger partial charge on any atom is 0.143 e. The lowest BCUT2D eigenvalue weighted by Crippen LogP contribution is -2.23. The first-order valence-electron chi connectivity index (χ1n) is 7.35. The highest BCUT2D eigenvalue weighted by molar-refractivity contribution is 5.77. The third-order valence-electron chi connectivity index (χ3n) is 2.48. The van der Waals surface area contributed by atoms with Gasteiger partial charge < -0.3 is 24.8 Å². The van der Waals surface area contributed by atoms with Gasteiger partial charge in [-0.25, -0.2) is 0 Å². The van der Waals surface area contributed by atoms with Crippen molar-refractivity contribution in [2.24, 2.45) is 0 Å². The fourth-order valence-electron chi connectivity index (χ4n) is 1.46. The summed E-state index contributed by atoms with van der Waals surface area (Å²) in [5, 5.41) is 6.11. The molecule has 2 N–H and O–H groups in total. The van der Waals surface area contributed by atoms with Crippen LogP contribution in [0.25, 0.3) is 0 Å². The van der Waals surface area contributed by atoms with Crippen molar-refractivity contribution in [3.8, 4) is 0 Å². The molecule has 0 aromatic carbocycles. The Kier molecular flexibility index (Phi) is 16.1. The summed E-state index contributed by atoms with van der Waals surface area (Å²) in [5.74, 6) is 0.160. The standard InChI is InChI=1S/C14H30N2O4/c1-14(17)13-16-6-4-8-19-10-12-20-11-9-18-7-3-5-15-2/h15-16H,3-13H2,1-2H3. The Labute approximate surface area is 122 Å². The predicted molar refractivity (Wildman–Crippen MR) is 79.2 cm³/mol. The fourth-order valence-corrected chi connectivity index (χ4v) is 1.46. The average Bonchev–Trinajstić information content (AvgIpc) is 2.43. The number of carbonyl (C=O) groups excluding carboxylic acids is 1. The van der Waals surface area contributed by atoms with Crippen LogP contribution in [0.4, 0.5) is 0 Å². The number of ether oxygens (including phenoxy) is 3. The van der Waals surface area contributed by atoms with E-state index in [9.17, 15) is 4.79 Å². The Morgan fingerprint density at radius 1 is 0.850 bits per heavy atom. The Balaban J connectivity index is 2.94. The van der Waals surface area contributed by atoms with Crippen LogP contribution in [0.15, 0.2) is 0 Å². The SMILES string of the molecule is CNCCCOCCOCCOCCCNCC(C)=O. The number of carbonyl (C=O) groups is 1. The van der Waals surface area contributed by atoms with Gasteiger partial charge in [-0.1, -0.05) is 0 Å². The van der Waals surface area contributed by atoms with Gasteiger partial charge in [0.1, 0.15) is 5.78 Å². The van der Waals surface area contributed by atoms with Crippen molar-refractivity contribution in [3.63, 3.8) is 0 Å². The lowest BCUT2D eigenvalue weighted by atomic mass is 10.4. The summed E-state index contributed by atoms with van der Waals surface area (Å²) >= 11 is 0. The summed E-state index contributed by atoms with van der Waals surface area (Å²) in [5.41, 5.74) is 0. The van der Waals surface area contributed by atoms with Crippen LogP contribution in [0.5, 0.6) is 0 Å². The second-order valence-electron chi connectivity index (χ2n) is 4.53. The molecule has 0 heterocycles. The van der Waals surface area contributed by atoms with Crippen LogP contribution in [-0.4, -0.2) is 72.1 Å². The Morgan fingerprint density at radius 3 is 1.85 bits per heavy atom. The molecule has 6 heteroatoms. The first kappa shape index (κ1) is 19.5. The molecule has 0 saturated heterocycles. The molecule has 0 atom stereocenters. The molecule has 0 spiro atoms. The molecule has 0 radical (unpaired) electrons. The smallest absolute Gasteiger partial charge is 0.143 e. The summed E-state index contributed by atoms with van der Waals surface area (Å²) in [6.45, 7) is 7.72. The van der Waals surface area contributed by atoms with E-state index in [1.807, 2.05) is 7.05 Å². The van der Waals surface area contributed by atoms with Gasteiger partial charge in [-0.3, -0.25) is 4.79 Å². The van der Waals surface area contributed by atoms with Crippen LogP contribution in [0.3, 0.4) is 0 Å². The summed E-state index contributed by atoms with van der Waals surface area (Å²) in [7, 11) is 1.93. The van der Waals surface area contributed by atoms with Crippen molar-refractivity contribution in [2.45, 2.75) is 19.8 Å². The molecule has 6 nitrogen and oxygen atoms in total. The highest BCUT2D eigenvalue weighted by atomic mass is 16.5. The second-order valence-corrected chi connectivity index (χ2v) is 4.53. The molecule has 0 unspecified atom stereocenters. The highest BCUT2D eigenvalue weighted by Gasteiger charge is 1.94. The van der Waals surface area contributed by atoms with Gasteiger partial charge in [0.25, 0.3) is 0 Å². The molecular formula is C14H30N2O4. The van der Waals surface area contributed by atoms with Gasteiger partial charge in [0.05, 0.1) is 33.0 Å². The van der Waals surface area contributed by atoms with Gasteiger partial charge in [0.2, 0.25) is 0 Å². The van der Waals surface area contributed by atoms with Gasteiger partial charge in [-0.05, 0) is 39.9 Å². The molecule has 0 aliphatic rings. The highest BCUT2D eigenvalue weighted by Crippen LogP contribution is 1.85. The van der Waals surface area contributed by atoms with Gasteiger partial charge in [-0.15, -0.1) is 0 Å². The van der Waals surface area contributed by atoms with Crippen LogP contribution >= 0.6 is 0 Å². The van der Waals surface area contributed by atoms with E-state index in [0.29, 0.717) is 39.6 Å². The van der Waals surface area contributed by atoms with E-state index in [1.54, 1.807) is 6.92 Å². The van der Waals surface area contributed by atoms with Gasteiger partial charge in [0, 0.05) is 13.2 Å². The van der Waals surface area contributed by atoms with Crippen LogP contribution in [0, 0.1) is 0 Å². The van der Waals surface area contributed by atoms with Crippen molar-refractivity contribution in [2.75, 3.05) is 66.3 Å². The number of hydrogen-bond donors (Lipinski definition) is 2. The molecule has 0 bridgehead atoms. The average molecular weight is 290 g/mol. The minimum absolute atomic E-state index is 0.160. The molecule has 0 aliphatic heterocycles. The van der Waals surface area contributed by atoms with Gasteiger partial charge in [0.15, 0.2) is 0 Å². The normalized spacial score (nSPS) is 10.9. The third kappa shape index (κ3) is 17.5. The first-order chi connectivity index (χ1) is 9.77. The van der Waals surface area contributed by atoms with E-state index in [1.165, 1.54) is 0 Å². The van der Waals surface area contributed by atoms with Gasteiger partial charge in [-0.2, -0.15) is 0 Å². The maximum atomic E-state index is 10.7. The lowest BCUT2D eigenvalue weighted by molar-refractivity contribution is -0.116. The van der Waals surface area contributed by atoms with Crippen molar-refractivity contribution in [1.29, 1.82) is 0 Å². The Morgan fingerprint density at radius 2 is 1.35 bits per heavy atom. The van der Waals surface area contributed by atoms with Gasteiger partial charge >= 0.3 is 0 Å². The summed E-state index contributed by atoms with van der Waals surface area (Å²) < 4.78 is 16.2. The summed E-state index contributed by atoms with van der Waals surface area (Å²) in [6.07, 6.45) is 1.93. The Hall–Kier alpha value is -0.530. The van der Waals surface area contributed by atoms with Crippen LogP contribution < -0.4 is 10.6 Å². The van der Waals surface area contributed by atoms with E-state index < -0.39 is 0 Å².